The summed E-state index contributed by atoms with van der Waals surface area (Å²) in [6.45, 7) is 0.534. The van der Waals surface area contributed by atoms with Crippen molar-refractivity contribution in [2.75, 3.05) is 50.8 Å². The maximum Gasteiger partial charge on any atom is 0.319 e. The van der Waals surface area contributed by atoms with Gasteiger partial charge in [0.1, 0.15) is 29.9 Å². The highest BCUT2D eigenvalue weighted by Gasteiger charge is 2.49. The molecule has 2 N–H and O–H groups in total. The molecule has 226 valence electrons. The number of ether oxygens (including phenoxy) is 1. The van der Waals surface area contributed by atoms with Crippen LogP contribution in [-0.2, 0) is 0 Å². The number of hydrogen-bond donors (Lipinski definition) is 2. The van der Waals surface area contributed by atoms with Gasteiger partial charge in [0.15, 0.2) is 5.82 Å². The molecule has 12 heteroatoms. The van der Waals surface area contributed by atoms with Gasteiger partial charge in [-0.1, -0.05) is 35.9 Å². The number of fused-ring (bicyclic) bond motifs is 3. The van der Waals surface area contributed by atoms with E-state index in [9.17, 15) is 18.3 Å². The van der Waals surface area contributed by atoms with Crippen molar-refractivity contribution in [1.82, 2.24) is 20.2 Å². The number of rotatable bonds is 5. The smallest absolute Gasteiger partial charge is 0.319 e. The minimum atomic E-state index is -3.06. The van der Waals surface area contributed by atoms with Crippen LogP contribution >= 0.6 is 11.6 Å². The van der Waals surface area contributed by atoms with Gasteiger partial charge in [-0.15, -0.1) is 0 Å². The zero-order valence-electron chi connectivity index (χ0n) is 23.2. The van der Waals surface area contributed by atoms with Crippen LogP contribution in [0.5, 0.6) is 11.8 Å². The van der Waals surface area contributed by atoms with E-state index in [2.05, 4.69) is 20.2 Å². The summed E-state index contributed by atoms with van der Waals surface area (Å²) in [7, 11) is 0. The van der Waals surface area contributed by atoms with Gasteiger partial charge in [-0.3, -0.25) is 4.90 Å². The van der Waals surface area contributed by atoms with Gasteiger partial charge in [0, 0.05) is 37.0 Å². The number of alkyl halides is 3. The lowest BCUT2D eigenvalue weighted by molar-refractivity contribution is 0.0156. The fourth-order valence-corrected chi connectivity index (χ4v) is 7.22. The molecule has 0 bridgehead atoms. The van der Waals surface area contributed by atoms with Crippen molar-refractivity contribution < 1.29 is 27.4 Å². The number of benzene rings is 3. The Hall–Kier alpha value is -3.41. The van der Waals surface area contributed by atoms with Gasteiger partial charge in [-0.25, -0.2) is 17.6 Å². The molecule has 7 rings (SSSR count). The van der Waals surface area contributed by atoms with Crippen molar-refractivity contribution in [3.05, 3.63) is 53.3 Å². The van der Waals surface area contributed by atoms with E-state index >= 15 is 4.39 Å². The topological polar surface area (TPSA) is 73.8 Å². The van der Waals surface area contributed by atoms with Crippen LogP contribution in [0.4, 0.5) is 23.4 Å². The van der Waals surface area contributed by atoms with Gasteiger partial charge < -0.3 is 20.1 Å². The SMILES string of the molecule is Oc1ccc2c(-c3c(Cl)cc4c(N5CCNCC(F)(F)C5)nc(OC[C@@]56CCCN5C[C@H](F)C6)nc4c3F)cccc2c1. The van der Waals surface area contributed by atoms with Gasteiger partial charge in [0.2, 0.25) is 0 Å². The van der Waals surface area contributed by atoms with E-state index in [1.807, 2.05) is 0 Å². The number of phenols is 1. The van der Waals surface area contributed by atoms with Crippen LogP contribution in [0.2, 0.25) is 5.02 Å². The molecule has 3 saturated heterocycles. The zero-order valence-corrected chi connectivity index (χ0v) is 24.0. The summed E-state index contributed by atoms with van der Waals surface area (Å²) in [4.78, 5) is 12.5. The fourth-order valence-electron chi connectivity index (χ4n) is 6.93. The van der Waals surface area contributed by atoms with Crippen molar-refractivity contribution in [3.8, 4) is 22.9 Å². The molecule has 0 radical (unpaired) electrons. The summed E-state index contributed by atoms with van der Waals surface area (Å²) in [5, 5.41) is 14.3. The third-order valence-electron chi connectivity index (χ3n) is 8.87. The van der Waals surface area contributed by atoms with E-state index in [4.69, 9.17) is 16.3 Å². The molecular weight excluding hydrogens is 586 g/mol. The number of nitrogens with one attached hydrogen (secondary N) is 1. The van der Waals surface area contributed by atoms with E-state index < -0.39 is 36.5 Å². The molecule has 0 unspecified atom stereocenters. The number of aromatic nitrogens is 2. The second kappa shape index (κ2) is 10.6. The maximum atomic E-state index is 16.7. The molecule has 3 aromatic carbocycles. The van der Waals surface area contributed by atoms with Crippen LogP contribution in [0.1, 0.15) is 19.3 Å². The molecular formula is C31H30ClF4N5O2. The van der Waals surface area contributed by atoms with Gasteiger partial charge in [0.05, 0.1) is 23.7 Å². The predicted octanol–water partition coefficient (Wildman–Crippen LogP) is 5.95. The van der Waals surface area contributed by atoms with E-state index in [1.165, 1.54) is 17.0 Å². The second-order valence-corrected chi connectivity index (χ2v) is 12.2. The van der Waals surface area contributed by atoms with Crippen molar-refractivity contribution in [2.45, 2.75) is 36.9 Å². The average molecular weight is 616 g/mol. The Morgan fingerprint density at radius 2 is 1.98 bits per heavy atom. The van der Waals surface area contributed by atoms with E-state index in [1.54, 1.807) is 30.3 Å². The Balaban J connectivity index is 1.37. The van der Waals surface area contributed by atoms with Gasteiger partial charge in [0.25, 0.3) is 5.92 Å². The first-order valence-corrected chi connectivity index (χ1v) is 14.8. The minimum Gasteiger partial charge on any atom is -0.508 e. The second-order valence-electron chi connectivity index (χ2n) is 11.8. The van der Waals surface area contributed by atoms with Crippen molar-refractivity contribution in [1.29, 1.82) is 0 Å². The van der Waals surface area contributed by atoms with Crippen molar-refractivity contribution >= 4 is 39.1 Å². The molecule has 43 heavy (non-hydrogen) atoms. The molecule has 7 nitrogen and oxygen atoms in total. The quantitative estimate of drug-likeness (QED) is 0.269. The van der Waals surface area contributed by atoms with Gasteiger partial charge in [-0.05, 0) is 53.9 Å². The van der Waals surface area contributed by atoms with Gasteiger partial charge >= 0.3 is 6.01 Å². The number of hydrogen-bond acceptors (Lipinski definition) is 7. The number of phenolic OH excluding ortho intramolecular Hbond substituents is 1. The van der Waals surface area contributed by atoms with E-state index in [0.717, 1.165) is 19.4 Å². The molecule has 2 atom stereocenters. The lowest BCUT2D eigenvalue weighted by Gasteiger charge is -2.31. The predicted molar refractivity (Wildman–Crippen MR) is 158 cm³/mol. The van der Waals surface area contributed by atoms with Crippen molar-refractivity contribution in [3.63, 3.8) is 0 Å². The number of halogens is 5. The minimum absolute atomic E-state index is 0.0595. The van der Waals surface area contributed by atoms with Crippen LogP contribution < -0.4 is 15.0 Å². The van der Waals surface area contributed by atoms with Crippen LogP contribution in [0, 0.1) is 5.82 Å². The summed E-state index contributed by atoms with van der Waals surface area (Å²) in [6, 6.07) is 11.3. The Kier molecular flexibility index (Phi) is 7.02. The largest absolute Gasteiger partial charge is 0.508 e. The van der Waals surface area contributed by atoms with Crippen LogP contribution in [-0.4, -0.2) is 83.5 Å². The molecule has 0 aliphatic carbocycles. The molecule has 4 heterocycles. The van der Waals surface area contributed by atoms with E-state index in [-0.39, 0.29) is 58.8 Å². The highest BCUT2D eigenvalue weighted by atomic mass is 35.5. The Morgan fingerprint density at radius 3 is 2.84 bits per heavy atom. The molecule has 3 aliphatic rings. The first-order chi connectivity index (χ1) is 20.6. The molecule has 0 spiro atoms. The van der Waals surface area contributed by atoms with Crippen LogP contribution in [0.25, 0.3) is 32.8 Å². The summed E-state index contributed by atoms with van der Waals surface area (Å²) in [5.41, 5.74) is -0.0577. The van der Waals surface area contributed by atoms with Crippen LogP contribution in [0.3, 0.4) is 0 Å². The molecule has 0 amide bonds. The lowest BCUT2D eigenvalue weighted by Crippen LogP contribution is -2.43. The number of nitrogens with zero attached hydrogens (tertiary/aromatic N) is 4. The van der Waals surface area contributed by atoms with E-state index in [0.29, 0.717) is 29.3 Å². The fraction of sp³-hybridized carbons (Fsp3) is 0.419. The standard InChI is InChI=1S/C31H30ClF4N5O2/c32-24-12-23-27(26(34)25(24)22-4-1-3-18-11-20(42)5-6-21(18)22)38-29(39-28(23)40-10-8-37-15-31(35,36)16-40)43-17-30-7-2-9-41(30)14-19(33)13-30/h1,3-6,11-12,19,37,42H,2,7-10,13-17H2/t19-,30+/m1/s1. The molecule has 1 aromatic heterocycles. The first-order valence-electron chi connectivity index (χ1n) is 14.4. The Morgan fingerprint density at radius 1 is 1.12 bits per heavy atom. The zero-order chi connectivity index (χ0) is 29.9. The Bertz CT molecular complexity index is 1730. The monoisotopic (exact) mass is 615 g/mol. The molecule has 3 aliphatic heterocycles. The highest BCUT2D eigenvalue weighted by molar-refractivity contribution is 6.35. The number of aromatic hydroxyl groups is 1. The van der Waals surface area contributed by atoms with Crippen molar-refractivity contribution in [2.24, 2.45) is 0 Å². The summed E-state index contributed by atoms with van der Waals surface area (Å²) >= 11 is 6.74. The summed E-state index contributed by atoms with van der Waals surface area (Å²) in [5.74, 6) is -3.65. The van der Waals surface area contributed by atoms with Gasteiger partial charge in [-0.2, -0.15) is 9.97 Å². The first kappa shape index (κ1) is 28.4. The van der Waals surface area contributed by atoms with Crippen LogP contribution in [0.15, 0.2) is 42.5 Å². The Labute approximate surface area is 250 Å². The molecule has 3 fully saturated rings. The third kappa shape index (κ3) is 5.11. The lowest BCUT2D eigenvalue weighted by atomic mass is 9.95. The molecule has 0 saturated carbocycles. The number of anilines is 1. The normalized spacial score (nSPS) is 24.0. The average Bonchev–Trinajstić information content (AvgIpc) is 3.42. The molecule has 4 aromatic rings. The highest BCUT2D eigenvalue weighted by Crippen LogP contribution is 2.43. The maximum absolute atomic E-state index is 16.7. The summed E-state index contributed by atoms with van der Waals surface area (Å²) < 4.78 is 66.6. The summed E-state index contributed by atoms with van der Waals surface area (Å²) in [6.07, 6.45) is 1.02. The third-order valence-corrected chi connectivity index (χ3v) is 9.17.